The van der Waals surface area contributed by atoms with E-state index in [-0.39, 0.29) is 5.41 Å². The maximum atomic E-state index is 9.17. The standard InChI is InChI=1S/C19H14N4/c20-12-18-16-8-9-19(11-17(16)22-23-18,14-5-2-1-3-6-14)15-7-4-10-21-13-15/h1-10,13H,11H2,(H,22,23). The Balaban J connectivity index is 1.92. The van der Waals surface area contributed by atoms with Crippen molar-refractivity contribution in [3.63, 3.8) is 0 Å². The van der Waals surface area contributed by atoms with Crippen LogP contribution in [0.2, 0.25) is 0 Å². The number of aromatic nitrogens is 3. The first kappa shape index (κ1) is 13.5. The van der Waals surface area contributed by atoms with E-state index in [1.807, 2.05) is 36.5 Å². The molecule has 0 aliphatic heterocycles. The highest BCUT2D eigenvalue weighted by Crippen LogP contribution is 2.41. The highest BCUT2D eigenvalue weighted by Gasteiger charge is 2.36. The van der Waals surface area contributed by atoms with E-state index in [0.29, 0.717) is 5.69 Å². The van der Waals surface area contributed by atoms with Gasteiger partial charge in [-0.2, -0.15) is 10.4 Å². The second kappa shape index (κ2) is 5.22. The number of fused-ring (bicyclic) bond motifs is 1. The second-order valence-electron chi connectivity index (χ2n) is 5.67. The van der Waals surface area contributed by atoms with Crippen molar-refractivity contribution in [3.8, 4) is 6.07 Å². The quantitative estimate of drug-likeness (QED) is 0.790. The molecule has 2 aromatic heterocycles. The largest absolute Gasteiger partial charge is 0.281 e. The Morgan fingerprint density at radius 2 is 1.91 bits per heavy atom. The van der Waals surface area contributed by atoms with Gasteiger partial charge in [-0.1, -0.05) is 48.6 Å². The van der Waals surface area contributed by atoms with E-state index >= 15 is 0 Å². The Morgan fingerprint density at radius 1 is 1.09 bits per heavy atom. The average Bonchev–Trinajstić information content (AvgIpc) is 3.05. The van der Waals surface area contributed by atoms with Gasteiger partial charge in [-0.3, -0.25) is 10.1 Å². The van der Waals surface area contributed by atoms with Gasteiger partial charge in [0.25, 0.3) is 0 Å². The molecule has 110 valence electrons. The number of nitrogens with one attached hydrogen (secondary N) is 1. The number of pyridine rings is 1. The molecule has 1 N–H and O–H groups in total. The van der Waals surface area contributed by atoms with E-state index in [2.05, 4.69) is 45.5 Å². The lowest BCUT2D eigenvalue weighted by atomic mass is 9.69. The van der Waals surface area contributed by atoms with Crippen LogP contribution >= 0.6 is 0 Å². The molecule has 0 saturated carbocycles. The number of nitrogens with zero attached hydrogens (tertiary/aromatic N) is 3. The van der Waals surface area contributed by atoms with E-state index in [1.165, 1.54) is 5.56 Å². The van der Waals surface area contributed by atoms with E-state index in [1.54, 1.807) is 6.20 Å². The minimum atomic E-state index is -0.304. The summed E-state index contributed by atoms with van der Waals surface area (Å²) in [6, 6.07) is 16.6. The van der Waals surface area contributed by atoms with Gasteiger partial charge in [0.1, 0.15) is 6.07 Å². The number of hydrogen-bond acceptors (Lipinski definition) is 3. The molecule has 1 aliphatic carbocycles. The van der Waals surface area contributed by atoms with Gasteiger partial charge >= 0.3 is 0 Å². The molecular weight excluding hydrogens is 284 g/mol. The number of H-pyrrole nitrogens is 1. The zero-order chi connectivity index (χ0) is 15.7. The first-order valence-electron chi connectivity index (χ1n) is 7.46. The van der Waals surface area contributed by atoms with Crippen LogP contribution in [0, 0.1) is 11.3 Å². The molecule has 0 radical (unpaired) electrons. The van der Waals surface area contributed by atoms with Gasteiger partial charge in [0.05, 0.1) is 0 Å². The summed E-state index contributed by atoms with van der Waals surface area (Å²) in [5.74, 6) is 0. The monoisotopic (exact) mass is 298 g/mol. The van der Waals surface area contributed by atoms with E-state index in [0.717, 1.165) is 23.2 Å². The zero-order valence-corrected chi connectivity index (χ0v) is 12.4. The fourth-order valence-electron chi connectivity index (χ4n) is 3.28. The maximum Gasteiger partial charge on any atom is 0.169 e. The normalized spacial score (nSPS) is 19.1. The Bertz CT molecular complexity index is 862. The summed E-state index contributed by atoms with van der Waals surface area (Å²) in [7, 11) is 0. The smallest absolute Gasteiger partial charge is 0.169 e. The van der Waals surface area contributed by atoms with Gasteiger partial charge in [0, 0.05) is 35.5 Å². The second-order valence-corrected chi connectivity index (χ2v) is 5.67. The lowest BCUT2D eigenvalue weighted by Crippen LogP contribution is -2.30. The zero-order valence-electron chi connectivity index (χ0n) is 12.4. The summed E-state index contributed by atoms with van der Waals surface area (Å²) in [4.78, 5) is 4.30. The highest BCUT2D eigenvalue weighted by atomic mass is 15.1. The van der Waals surface area contributed by atoms with Crippen LogP contribution < -0.4 is 0 Å². The number of hydrogen-bond donors (Lipinski definition) is 1. The van der Waals surface area contributed by atoms with Gasteiger partial charge in [-0.15, -0.1) is 0 Å². The lowest BCUT2D eigenvalue weighted by molar-refractivity contribution is 0.618. The van der Waals surface area contributed by atoms with Gasteiger partial charge in [0.2, 0.25) is 0 Å². The molecule has 3 aromatic rings. The van der Waals surface area contributed by atoms with Crippen molar-refractivity contribution in [2.45, 2.75) is 11.8 Å². The molecule has 1 unspecified atom stereocenters. The van der Waals surface area contributed by atoms with E-state index in [4.69, 9.17) is 0 Å². The first-order valence-corrected chi connectivity index (χ1v) is 7.46. The average molecular weight is 298 g/mol. The fourth-order valence-corrected chi connectivity index (χ4v) is 3.28. The predicted molar refractivity (Wildman–Crippen MR) is 87.5 cm³/mol. The van der Waals surface area contributed by atoms with Gasteiger partial charge in [0.15, 0.2) is 5.69 Å². The van der Waals surface area contributed by atoms with Crippen molar-refractivity contribution < 1.29 is 0 Å². The molecule has 1 aliphatic rings. The number of rotatable bonds is 2. The number of nitriles is 1. The molecule has 2 heterocycles. The fraction of sp³-hybridized carbons (Fsp3) is 0.105. The van der Waals surface area contributed by atoms with Crippen LogP contribution in [-0.4, -0.2) is 15.2 Å². The van der Waals surface area contributed by atoms with Crippen LogP contribution in [0.25, 0.3) is 6.08 Å². The molecule has 4 nitrogen and oxygen atoms in total. The predicted octanol–water partition coefficient (Wildman–Crippen LogP) is 3.23. The van der Waals surface area contributed by atoms with Crippen LogP contribution in [0.4, 0.5) is 0 Å². The Hall–Kier alpha value is -3.19. The molecule has 0 amide bonds. The third kappa shape index (κ3) is 2.06. The Morgan fingerprint density at radius 3 is 2.65 bits per heavy atom. The molecule has 1 atom stereocenters. The third-order valence-corrected chi connectivity index (χ3v) is 4.44. The van der Waals surface area contributed by atoms with Gasteiger partial charge in [-0.05, 0) is 17.2 Å². The summed E-state index contributed by atoms with van der Waals surface area (Å²) < 4.78 is 0. The summed E-state index contributed by atoms with van der Waals surface area (Å²) in [5.41, 5.74) is 4.34. The Labute approximate surface area is 134 Å². The van der Waals surface area contributed by atoms with Crippen molar-refractivity contribution in [2.24, 2.45) is 0 Å². The molecule has 0 fully saturated rings. The molecule has 23 heavy (non-hydrogen) atoms. The minimum absolute atomic E-state index is 0.304. The SMILES string of the molecule is N#Cc1n[nH]c2c1C=CC(c1ccccc1)(c1cccnc1)C2. The van der Waals surface area contributed by atoms with Crippen LogP contribution in [-0.2, 0) is 11.8 Å². The van der Waals surface area contributed by atoms with Gasteiger partial charge < -0.3 is 0 Å². The molecule has 0 saturated heterocycles. The molecule has 4 rings (SSSR count). The number of aromatic amines is 1. The van der Waals surface area contributed by atoms with E-state index in [9.17, 15) is 5.26 Å². The van der Waals surface area contributed by atoms with Crippen molar-refractivity contribution >= 4 is 6.08 Å². The molecular formula is C19H14N4. The van der Waals surface area contributed by atoms with Crippen LogP contribution in [0.3, 0.4) is 0 Å². The van der Waals surface area contributed by atoms with E-state index < -0.39 is 0 Å². The number of benzene rings is 1. The summed E-state index contributed by atoms with van der Waals surface area (Å²) in [5, 5.41) is 16.3. The van der Waals surface area contributed by atoms with Gasteiger partial charge in [-0.25, -0.2) is 0 Å². The van der Waals surface area contributed by atoms with Crippen LogP contribution in [0.5, 0.6) is 0 Å². The highest BCUT2D eigenvalue weighted by molar-refractivity contribution is 5.66. The van der Waals surface area contributed by atoms with Crippen molar-refractivity contribution in [1.82, 2.24) is 15.2 Å². The summed E-state index contributed by atoms with van der Waals surface area (Å²) in [6.07, 6.45) is 8.58. The summed E-state index contributed by atoms with van der Waals surface area (Å²) in [6.45, 7) is 0. The molecule has 0 spiro atoms. The van der Waals surface area contributed by atoms with Crippen molar-refractivity contribution in [3.05, 3.63) is 89.0 Å². The molecule has 4 heteroatoms. The topological polar surface area (TPSA) is 65.4 Å². The third-order valence-electron chi connectivity index (χ3n) is 4.44. The maximum absolute atomic E-state index is 9.17. The van der Waals surface area contributed by atoms with Crippen LogP contribution in [0.15, 0.2) is 60.9 Å². The van der Waals surface area contributed by atoms with Crippen molar-refractivity contribution in [1.29, 1.82) is 5.26 Å². The Kier molecular flexibility index (Phi) is 3.06. The van der Waals surface area contributed by atoms with Crippen LogP contribution in [0.1, 0.15) is 28.1 Å². The summed E-state index contributed by atoms with van der Waals surface area (Å²) >= 11 is 0. The number of allylic oxidation sites excluding steroid dienone is 1. The first-order chi connectivity index (χ1) is 11.3. The van der Waals surface area contributed by atoms with Crippen molar-refractivity contribution in [2.75, 3.05) is 0 Å². The minimum Gasteiger partial charge on any atom is -0.281 e. The molecule has 0 bridgehead atoms. The molecule has 1 aromatic carbocycles. The lowest BCUT2D eigenvalue weighted by Gasteiger charge is -2.34.